The van der Waals surface area contributed by atoms with Gasteiger partial charge in [0.2, 0.25) is 0 Å². The predicted octanol–water partition coefficient (Wildman–Crippen LogP) is 2.16. The molecule has 3 atom stereocenters. The fraction of sp³-hybridized carbons (Fsp3) is 0.867. The third-order valence-corrected chi connectivity index (χ3v) is 5.16. The Bertz CT molecular complexity index is 425. The SMILES string of the molecule is C[C@H](C#N)OC(=O)CC12C[C@@H]3C[C@H](CC(O)(C3)C1)C2. The quantitative estimate of drug-likeness (QED) is 0.792. The highest BCUT2D eigenvalue weighted by atomic mass is 16.5. The van der Waals surface area contributed by atoms with Gasteiger partial charge < -0.3 is 9.84 Å². The van der Waals surface area contributed by atoms with Gasteiger partial charge in [-0.1, -0.05) is 0 Å². The minimum atomic E-state index is -0.676. The minimum absolute atomic E-state index is 0.0644. The van der Waals surface area contributed by atoms with Crippen LogP contribution in [0.4, 0.5) is 0 Å². The Labute approximate surface area is 113 Å². The van der Waals surface area contributed by atoms with E-state index in [-0.39, 0.29) is 11.4 Å². The highest BCUT2D eigenvalue weighted by Gasteiger charge is 2.57. The van der Waals surface area contributed by atoms with E-state index in [1.807, 2.05) is 6.07 Å². The summed E-state index contributed by atoms with van der Waals surface area (Å²) in [6.07, 6.45) is 5.56. The van der Waals surface area contributed by atoms with Gasteiger partial charge in [-0.25, -0.2) is 0 Å². The first kappa shape index (κ1) is 12.9. The second-order valence-electron chi connectivity index (χ2n) is 7.12. The van der Waals surface area contributed by atoms with Crippen LogP contribution in [0.15, 0.2) is 0 Å². The average molecular weight is 263 g/mol. The highest BCUT2D eigenvalue weighted by molar-refractivity contribution is 5.71. The normalized spacial score (nSPS) is 44.7. The minimum Gasteiger partial charge on any atom is -0.447 e. The fourth-order valence-electron chi connectivity index (χ4n) is 5.18. The van der Waals surface area contributed by atoms with Gasteiger partial charge in [0.1, 0.15) is 6.07 Å². The van der Waals surface area contributed by atoms with Gasteiger partial charge >= 0.3 is 5.97 Å². The zero-order chi connectivity index (χ0) is 13.7. The van der Waals surface area contributed by atoms with E-state index in [1.165, 1.54) is 6.42 Å². The number of ether oxygens (including phenoxy) is 1. The van der Waals surface area contributed by atoms with Gasteiger partial charge in [0.05, 0.1) is 12.0 Å². The molecule has 0 aromatic rings. The van der Waals surface area contributed by atoms with E-state index in [2.05, 4.69) is 0 Å². The fourth-order valence-corrected chi connectivity index (χ4v) is 5.18. The van der Waals surface area contributed by atoms with Crippen molar-refractivity contribution >= 4 is 5.97 Å². The topological polar surface area (TPSA) is 70.3 Å². The maximum Gasteiger partial charge on any atom is 0.307 e. The average Bonchev–Trinajstić information content (AvgIpc) is 2.23. The van der Waals surface area contributed by atoms with Crippen molar-refractivity contribution in [1.29, 1.82) is 5.26 Å². The molecular weight excluding hydrogens is 242 g/mol. The van der Waals surface area contributed by atoms with Crippen molar-refractivity contribution in [2.24, 2.45) is 17.3 Å². The molecule has 0 unspecified atom stereocenters. The smallest absolute Gasteiger partial charge is 0.307 e. The van der Waals surface area contributed by atoms with Crippen molar-refractivity contribution in [3.63, 3.8) is 0 Å². The van der Waals surface area contributed by atoms with Crippen molar-refractivity contribution < 1.29 is 14.6 Å². The van der Waals surface area contributed by atoms with Gasteiger partial charge in [-0.05, 0) is 62.7 Å². The van der Waals surface area contributed by atoms with E-state index >= 15 is 0 Å². The number of aliphatic hydroxyl groups is 1. The second-order valence-corrected chi connectivity index (χ2v) is 7.12. The van der Waals surface area contributed by atoms with Crippen LogP contribution in [0.3, 0.4) is 0 Å². The lowest BCUT2D eigenvalue weighted by atomic mass is 9.47. The Balaban J connectivity index is 1.71. The molecule has 4 nitrogen and oxygen atoms in total. The standard InChI is InChI=1S/C15H21NO3/c1-10(8-16)19-13(17)7-14-3-11-2-12(4-14)6-15(18,5-11)9-14/h10-12,18H,2-7,9H2,1H3/t10-,11+,12+,14?,15?/m1/s1. The lowest BCUT2D eigenvalue weighted by molar-refractivity contribution is -0.177. The van der Waals surface area contributed by atoms with Crippen molar-refractivity contribution in [2.45, 2.75) is 63.6 Å². The van der Waals surface area contributed by atoms with Gasteiger partial charge in [0, 0.05) is 0 Å². The van der Waals surface area contributed by atoms with Crippen LogP contribution in [-0.2, 0) is 9.53 Å². The Morgan fingerprint density at radius 2 is 2.05 bits per heavy atom. The third-order valence-electron chi connectivity index (χ3n) is 5.16. The van der Waals surface area contributed by atoms with Gasteiger partial charge in [-0.3, -0.25) is 4.79 Å². The predicted molar refractivity (Wildman–Crippen MR) is 67.8 cm³/mol. The lowest BCUT2D eigenvalue weighted by Gasteiger charge is -2.60. The zero-order valence-corrected chi connectivity index (χ0v) is 11.4. The Morgan fingerprint density at radius 1 is 1.42 bits per heavy atom. The molecule has 0 amide bonds. The van der Waals surface area contributed by atoms with Crippen molar-refractivity contribution in [1.82, 2.24) is 0 Å². The Kier molecular flexibility index (Phi) is 2.86. The molecule has 0 aromatic heterocycles. The molecule has 4 rings (SSSR count). The molecule has 0 spiro atoms. The number of nitriles is 1. The highest BCUT2D eigenvalue weighted by Crippen LogP contribution is 2.62. The monoisotopic (exact) mass is 263 g/mol. The zero-order valence-electron chi connectivity index (χ0n) is 11.4. The van der Waals surface area contributed by atoms with Crippen LogP contribution in [0.5, 0.6) is 0 Å². The number of hydrogen-bond donors (Lipinski definition) is 1. The van der Waals surface area contributed by atoms with Crippen LogP contribution in [0.2, 0.25) is 0 Å². The summed E-state index contributed by atoms with van der Waals surface area (Å²) >= 11 is 0. The molecule has 0 heterocycles. The van der Waals surface area contributed by atoms with E-state index in [0.717, 1.165) is 32.1 Å². The first-order valence-electron chi connectivity index (χ1n) is 7.24. The third kappa shape index (κ3) is 2.36. The molecule has 104 valence electrons. The molecule has 0 aliphatic heterocycles. The summed E-state index contributed by atoms with van der Waals surface area (Å²) in [5.41, 5.74) is -0.601. The number of hydrogen-bond acceptors (Lipinski definition) is 4. The summed E-state index contributed by atoms with van der Waals surface area (Å²) in [5.74, 6) is 0.875. The first-order valence-corrected chi connectivity index (χ1v) is 7.24. The molecule has 4 bridgehead atoms. The molecule has 4 heteroatoms. The molecule has 4 fully saturated rings. The number of esters is 1. The van der Waals surface area contributed by atoms with Crippen LogP contribution < -0.4 is 0 Å². The van der Waals surface area contributed by atoms with E-state index in [1.54, 1.807) is 6.92 Å². The molecule has 4 aliphatic carbocycles. The summed E-state index contributed by atoms with van der Waals surface area (Å²) in [4.78, 5) is 11.9. The lowest BCUT2D eigenvalue weighted by Crippen LogP contribution is -2.56. The molecule has 4 saturated carbocycles. The maximum absolute atomic E-state index is 11.9. The van der Waals surface area contributed by atoms with Crippen LogP contribution in [0, 0.1) is 28.6 Å². The van der Waals surface area contributed by atoms with Crippen molar-refractivity contribution in [3.05, 3.63) is 0 Å². The number of rotatable bonds is 3. The van der Waals surface area contributed by atoms with Gasteiger partial charge in [-0.2, -0.15) is 5.26 Å². The number of carbonyl (C=O) groups excluding carboxylic acids is 1. The molecule has 4 aliphatic rings. The number of carbonyl (C=O) groups is 1. The molecule has 0 saturated heterocycles. The van der Waals surface area contributed by atoms with Crippen molar-refractivity contribution in [2.75, 3.05) is 0 Å². The van der Waals surface area contributed by atoms with Gasteiger partial charge in [0.15, 0.2) is 6.10 Å². The largest absolute Gasteiger partial charge is 0.447 e. The Morgan fingerprint density at radius 3 is 2.58 bits per heavy atom. The van der Waals surface area contributed by atoms with E-state index in [0.29, 0.717) is 18.3 Å². The second kappa shape index (κ2) is 4.21. The maximum atomic E-state index is 11.9. The summed E-state index contributed by atoms with van der Waals surface area (Å²) in [6.45, 7) is 1.59. The van der Waals surface area contributed by atoms with Crippen LogP contribution in [-0.4, -0.2) is 22.8 Å². The summed E-state index contributed by atoms with van der Waals surface area (Å²) in [7, 11) is 0. The molecular formula is C15H21NO3. The van der Waals surface area contributed by atoms with Crippen molar-refractivity contribution in [3.8, 4) is 6.07 Å². The summed E-state index contributed by atoms with van der Waals surface area (Å²) < 4.78 is 5.09. The van der Waals surface area contributed by atoms with Crippen LogP contribution in [0.25, 0.3) is 0 Å². The van der Waals surface area contributed by atoms with Gasteiger partial charge in [0.25, 0.3) is 0 Å². The summed E-state index contributed by atoms with van der Waals surface area (Å²) in [6, 6.07) is 1.92. The number of nitrogens with zero attached hydrogens (tertiary/aromatic N) is 1. The molecule has 1 N–H and O–H groups in total. The van der Waals surface area contributed by atoms with Crippen LogP contribution >= 0.6 is 0 Å². The Hall–Kier alpha value is -1.08. The molecule has 0 radical (unpaired) electrons. The first-order chi connectivity index (χ1) is 8.92. The van der Waals surface area contributed by atoms with E-state index in [9.17, 15) is 9.90 Å². The van der Waals surface area contributed by atoms with E-state index in [4.69, 9.17) is 10.00 Å². The summed E-state index contributed by atoms with van der Waals surface area (Å²) in [5, 5.41) is 19.3. The van der Waals surface area contributed by atoms with E-state index < -0.39 is 11.7 Å². The van der Waals surface area contributed by atoms with Crippen LogP contribution in [0.1, 0.15) is 51.9 Å². The molecule has 0 aromatic carbocycles. The van der Waals surface area contributed by atoms with Gasteiger partial charge in [-0.15, -0.1) is 0 Å². The molecule has 19 heavy (non-hydrogen) atoms.